The maximum Gasteiger partial charge on any atom is 0.223 e. The summed E-state index contributed by atoms with van der Waals surface area (Å²) in [5.74, 6) is -0.419. The molecular weight excluding hydrogens is 373 g/mol. The summed E-state index contributed by atoms with van der Waals surface area (Å²) >= 11 is 0. The quantitative estimate of drug-likeness (QED) is 0.673. The summed E-state index contributed by atoms with van der Waals surface area (Å²) in [5.41, 5.74) is 1.43. The van der Waals surface area contributed by atoms with E-state index in [4.69, 9.17) is 0 Å². The van der Waals surface area contributed by atoms with Crippen LogP contribution in [-0.2, 0) is 16.0 Å². The second-order valence-corrected chi connectivity index (χ2v) is 7.05. The van der Waals surface area contributed by atoms with Crippen LogP contribution in [0.5, 0.6) is 0 Å². The molecule has 6 nitrogen and oxygen atoms in total. The van der Waals surface area contributed by atoms with E-state index in [0.29, 0.717) is 44.6 Å². The van der Waals surface area contributed by atoms with Crippen LogP contribution in [0.2, 0.25) is 0 Å². The van der Waals surface area contributed by atoms with Crippen LogP contribution in [0.1, 0.15) is 35.2 Å². The van der Waals surface area contributed by atoms with Gasteiger partial charge >= 0.3 is 0 Å². The third kappa shape index (κ3) is 5.94. The predicted molar refractivity (Wildman–Crippen MR) is 106 cm³/mol. The van der Waals surface area contributed by atoms with Gasteiger partial charge in [0.25, 0.3) is 0 Å². The minimum Gasteiger partial charge on any atom is -0.339 e. The van der Waals surface area contributed by atoms with Crippen molar-refractivity contribution in [1.82, 2.24) is 14.8 Å². The molecule has 0 spiro atoms. The van der Waals surface area contributed by atoms with Gasteiger partial charge in [-0.05, 0) is 36.2 Å². The second-order valence-electron chi connectivity index (χ2n) is 7.05. The van der Waals surface area contributed by atoms with E-state index in [1.807, 2.05) is 0 Å². The van der Waals surface area contributed by atoms with Gasteiger partial charge in [-0.2, -0.15) is 0 Å². The summed E-state index contributed by atoms with van der Waals surface area (Å²) in [4.78, 5) is 44.2. The van der Waals surface area contributed by atoms with Crippen LogP contribution in [0.3, 0.4) is 0 Å². The van der Waals surface area contributed by atoms with Crippen LogP contribution in [0.15, 0.2) is 48.8 Å². The average Bonchev–Trinajstić information content (AvgIpc) is 2.77. The minimum atomic E-state index is -0.289. The molecule has 0 saturated carbocycles. The van der Waals surface area contributed by atoms with Crippen molar-refractivity contribution < 1.29 is 18.8 Å². The zero-order valence-electron chi connectivity index (χ0n) is 16.2. The summed E-state index contributed by atoms with van der Waals surface area (Å²) < 4.78 is 12.9. The van der Waals surface area contributed by atoms with Crippen molar-refractivity contribution in [3.05, 3.63) is 65.7 Å². The van der Waals surface area contributed by atoms with Crippen molar-refractivity contribution >= 4 is 17.6 Å². The Morgan fingerprint density at radius 3 is 2.07 bits per heavy atom. The number of hydrogen-bond donors (Lipinski definition) is 0. The van der Waals surface area contributed by atoms with E-state index in [-0.39, 0.29) is 36.3 Å². The molecule has 1 aliphatic rings. The number of carbonyl (C=O) groups excluding carboxylic acids is 3. The molecule has 1 saturated heterocycles. The predicted octanol–water partition coefficient (Wildman–Crippen LogP) is 2.49. The SMILES string of the molecule is O=C(CCC(=O)N1CCN(C(=O)CCc2ccc(F)cc2)CC1)c1cccnc1. The smallest absolute Gasteiger partial charge is 0.223 e. The first kappa shape index (κ1) is 20.6. The highest BCUT2D eigenvalue weighted by Gasteiger charge is 2.24. The first-order chi connectivity index (χ1) is 14.0. The molecule has 1 fully saturated rings. The van der Waals surface area contributed by atoms with Crippen molar-refractivity contribution in [1.29, 1.82) is 0 Å². The van der Waals surface area contributed by atoms with Gasteiger partial charge in [0, 0.05) is 63.4 Å². The third-order valence-electron chi connectivity index (χ3n) is 5.08. The van der Waals surface area contributed by atoms with Crippen LogP contribution < -0.4 is 0 Å². The lowest BCUT2D eigenvalue weighted by Gasteiger charge is -2.35. The van der Waals surface area contributed by atoms with Crippen LogP contribution in [-0.4, -0.2) is 58.6 Å². The highest BCUT2D eigenvalue weighted by molar-refractivity contribution is 5.97. The molecule has 152 valence electrons. The van der Waals surface area contributed by atoms with Gasteiger partial charge in [0.1, 0.15) is 5.82 Å². The molecule has 0 bridgehead atoms. The van der Waals surface area contributed by atoms with E-state index in [1.165, 1.54) is 18.3 Å². The summed E-state index contributed by atoms with van der Waals surface area (Å²) in [6.07, 6.45) is 4.34. The molecule has 0 aliphatic carbocycles. The number of benzene rings is 1. The summed E-state index contributed by atoms with van der Waals surface area (Å²) in [7, 11) is 0. The van der Waals surface area contributed by atoms with Crippen LogP contribution in [0.25, 0.3) is 0 Å². The zero-order chi connectivity index (χ0) is 20.6. The molecule has 2 aromatic rings. The van der Waals surface area contributed by atoms with Gasteiger partial charge in [-0.3, -0.25) is 19.4 Å². The zero-order valence-corrected chi connectivity index (χ0v) is 16.2. The molecule has 1 aromatic heterocycles. The third-order valence-corrected chi connectivity index (χ3v) is 5.08. The Balaban J connectivity index is 1.39. The number of aromatic nitrogens is 1. The van der Waals surface area contributed by atoms with Gasteiger partial charge in [-0.1, -0.05) is 12.1 Å². The normalized spacial score (nSPS) is 14.0. The van der Waals surface area contributed by atoms with E-state index in [2.05, 4.69) is 4.98 Å². The Hall–Kier alpha value is -3.09. The Morgan fingerprint density at radius 1 is 0.862 bits per heavy atom. The van der Waals surface area contributed by atoms with Gasteiger partial charge in [0.15, 0.2) is 5.78 Å². The lowest BCUT2D eigenvalue weighted by atomic mass is 10.1. The molecule has 29 heavy (non-hydrogen) atoms. The Kier molecular flexibility index (Phi) is 7.05. The number of rotatable bonds is 7. The lowest BCUT2D eigenvalue weighted by Crippen LogP contribution is -2.50. The van der Waals surface area contributed by atoms with Gasteiger partial charge in [0.05, 0.1) is 0 Å². The summed E-state index contributed by atoms with van der Waals surface area (Å²) in [6, 6.07) is 9.54. The minimum absolute atomic E-state index is 0.0354. The fraction of sp³-hybridized carbons (Fsp3) is 0.364. The van der Waals surface area contributed by atoms with Crippen molar-refractivity contribution in [2.45, 2.75) is 25.7 Å². The lowest BCUT2D eigenvalue weighted by molar-refractivity contribution is -0.139. The number of nitrogens with zero attached hydrogens (tertiary/aromatic N) is 3. The molecule has 0 radical (unpaired) electrons. The van der Waals surface area contributed by atoms with E-state index in [9.17, 15) is 18.8 Å². The number of carbonyl (C=O) groups is 3. The average molecular weight is 397 g/mol. The number of aryl methyl sites for hydroxylation is 1. The molecule has 2 heterocycles. The van der Waals surface area contributed by atoms with Crippen molar-refractivity contribution in [3.63, 3.8) is 0 Å². The summed E-state index contributed by atoms with van der Waals surface area (Å²) in [5, 5.41) is 0. The summed E-state index contributed by atoms with van der Waals surface area (Å²) in [6.45, 7) is 1.93. The number of ketones is 1. The number of amides is 2. The molecule has 0 N–H and O–H groups in total. The molecule has 2 amide bonds. The number of Topliss-reactive ketones (excluding diaryl/α,β-unsaturated/α-hetero) is 1. The number of hydrogen-bond acceptors (Lipinski definition) is 4. The first-order valence-corrected chi connectivity index (χ1v) is 9.76. The second kappa shape index (κ2) is 9.91. The maximum absolute atomic E-state index is 12.9. The number of piperazine rings is 1. The van der Waals surface area contributed by atoms with E-state index in [1.54, 1.807) is 40.3 Å². The van der Waals surface area contributed by atoms with Gasteiger partial charge in [0.2, 0.25) is 11.8 Å². The number of halogens is 1. The molecular formula is C22H24FN3O3. The van der Waals surface area contributed by atoms with E-state index < -0.39 is 0 Å². The highest BCUT2D eigenvalue weighted by Crippen LogP contribution is 2.11. The topological polar surface area (TPSA) is 70.6 Å². The van der Waals surface area contributed by atoms with Crippen LogP contribution in [0, 0.1) is 5.82 Å². The maximum atomic E-state index is 12.9. The molecule has 0 unspecified atom stereocenters. The first-order valence-electron chi connectivity index (χ1n) is 9.76. The van der Waals surface area contributed by atoms with Crippen LogP contribution in [0.4, 0.5) is 4.39 Å². The Bertz CT molecular complexity index is 847. The monoisotopic (exact) mass is 397 g/mol. The molecule has 3 rings (SSSR count). The highest BCUT2D eigenvalue weighted by atomic mass is 19.1. The fourth-order valence-corrected chi connectivity index (χ4v) is 3.32. The van der Waals surface area contributed by atoms with Crippen molar-refractivity contribution in [3.8, 4) is 0 Å². The van der Waals surface area contributed by atoms with E-state index in [0.717, 1.165) is 5.56 Å². The molecule has 1 aliphatic heterocycles. The standard InChI is InChI=1S/C22H24FN3O3/c23-19-6-3-17(4-7-19)5-9-21(28)25-12-14-26(15-13-25)22(29)10-8-20(27)18-2-1-11-24-16-18/h1-4,6-7,11,16H,5,8-10,12-15H2. The molecule has 1 aromatic carbocycles. The van der Waals surface area contributed by atoms with Crippen LogP contribution >= 0.6 is 0 Å². The van der Waals surface area contributed by atoms with Gasteiger partial charge in [-0.25, -0.2) is 4.39 Å². The largest absolute Gasteiger partial charge is 0.339 e. The van der Waals surface area contributed by atoms with Crippen molar-refractivity contribution in [2.75, 3.05) is 26.2 Å². The molecule has 7 heteroatoms. The molecule has 0 atom stereocenters. The van der Waals surface area contributed by atoms with Gasteiger partial charge in [-0.15, -0.1) is 0 Å². The Labute approximate surface area is 169 Å². The fourth-order valence-electron chi connectivity index (χ4n) is 3.32. The number of pyridine rings is 1. The van der Waals surface area contributed by atoms with Gasteiger partial charge < -0.3 is 9.80 Å². The van der Waals surface area contributed by atoms with Crippen molar-refractivity contribution in [2.24, 2.45) is 0 Å². The Morgan fingerprint density at radius 2 is 1.48 bits per heavy atom. The van der Waals surface area contributed by atoms with E-state index >= 15 is 0 Å².